The van der Waals surface area contributed by atoms with Gasteiger partial charge in [-0.3, -0.25) is 14.5 Å². The predicted octanol–water partition coefficient (Wildman–Crippen LogP) is 5.14. The number of benzene rings is 3. The summed E-state index contributed by atoms with van der Waals surface area (Å²) in [4.78, 5) is 41.1. The van der Waals surface area contributed by atoms with E-state index in [0.29, 0.717) is 29.3 Å². The minimum atomic E-state index is -0.426. The van der Waals surface area contributed by atoms with Crippen LogP contribution in [0, 0.1) is 11.3 Å². The van der Waals surface area contributed by atoms with Crippen molar-refractivity contribution in [1.29, 1.82) is 0 Å². The molecule has 2 atom stereocenters. The molecule has 3 aromatic carbocycles. The van der Waals surface area contributed by atoms with Crippen LogP contribution in [0.5, 0.6) is 23.0 Å². The first kappa shape index (κ1) is 38.0. The summed E-state index contributed by atoms with van der Waals surface area (Å²) >= 11 is 8.71. The van der Waals surface area contributed by atoms with Crippen LogP contribution < -0.4 is 24.3 Å². The number of amides is 2. The van der Waals surface area contributed by atoms with Gasteiger partial charge in [0.1, 0.15) is 37.0 Å². The Labute approximate surface area is 326 Å². The van der Waals surface area contributed by atoms with Gasteiger partial charge in [-0.05, 0) is 47.5 Å². The molecule has 14 heteroatoms. The van der Waals surface area contributed by atoms with Crippen LogP contribution >= 0.6 is 23.4 Å². The number of thioether (sulfide) groups is 1. The maximum Gasteiger partial charge on any atom is 0.337 e. The molecule has 3 aromatic rings. The lowest BCUT2D eigenvalue weighted by atomic mass is 9.70. The van der Waals surface area contributed by atoms with Gasteiger partial charge in [0.05, 0.1) is 55.7 Å². The third kappa shape index (κ3) is 7.50. The third-order valence-corrected chi connectivity index (χ3v) is 13.4. The van der Waals surface area contributed by atoms with Gasteiger partial charge >= 0.3 is 14.0 Å². The summed E-state index contributed by atoms with van der Waals surface area (Å²) < 4.78 is 29.0. The summed E-state index contributed by atoms with van der Waals surface area (Å²) in [5.41, 5.74) is 3.58. The molecule has 11 nitrogen and oxygen atoms in total. The van der Waals surface area contributed by atoms with E-state index in [1.807, 2.05) is 55.5 Å². The fraction of sp³-hybridized carbons (Fsp3) is 0.425. The van der Waals surface area contributed by atoms with E-state index in [2.05, 4.69) is 5.32 Å². The second-order valence-electron chi connectivity index (χ2n) is 14.8. The summed E-state index contributed by atoms with van der Waals surface area (Å²) in [5, 5.41) is 3.40. The molecule has 284 valence electrons. The molecule has 4 fully saturated rings. The molecule has 5 aliphatic rings. The Balaban J connectivity index is 1.02. The van der Waals surface area contributed by atoms with Crippen molar-refractivity contribution in [3.8, 4) is 23.0 Å². The summed E-state index contributed by atoms with van der Waals surface area (Å²) in [6, 6.07) is 18.6. The number of β-lactam (4-membered cyclic amide) rings is 1. The zero-order valence-electron chi connectivity index (χ0n) is 31.2. The van der Waals surface area contributed by atoms with Crippen molar-refractivity contribution in [3.05, 3.63) is 93.6 Å². The quantitative estimate of drug-likeness (QED) is 0.135. The first-order valence-electron chi connectivity index (χ1n) is 18.3. The van der Waals surface area contributed by atoms with Crippen LogP contribution in [0.15, 0.2) is 71.9 Å². The SMILES string of the molecule is BOC(=O)C1=C(C[N+]23CCC(CNC(=O)c4ccc(OCc5ccc(OC)cc5)c(OCc5ccc(OC)cc5)c4Cl)(CC2)CC3)CS[C@@H]2[C@H](C)C(=O)N12. The molecule has 0 aliphatic carbocycles. The number of nitrogens with one attached hydrogen (secondary N) is 1. The van der Waals surface area contributed by atoms with Crippen LogP contribution in [0.4, 0.5) is 0 Å². The van der Waals surface area contributed by atoms with E-state index in [1.54, 1.807) is 43.0 Å². The topological polar surface area (TPSA) is 113 Å². The minimum Gasteiger partial charge on any atom is -0.539 e. The second-order valence-corrected chi connectivity index (χ2v) is 16.3. The molecule has 5 aliphatic heterocycles. The van der Waals surface area contributed by atoms with Crippen LogP contribution in [-0.4, -0.2) is 93.3 Å². The zero-order valence-corrected chi connectivity index (χ0v) is 32.7. The maximum atomic E-state index is 13.8. The highest BCUT2D eigenvalue weighted by atomic mass is 35.5. The highest BCUT2D eigenvalue weighted by molar-refractivity contribution is 8.00. The fourth-order valence-corrected chi connectivity index (χ4v) is 9.73. The largest absolute Gasteiger partial charge is 0.539 e. The van der Waals surface area contributed by atoms with E-state index < -0.39 is 5.97 Å². The Kier molecular flexibility index (Phi) is 11.1. The number of ether oxygens (including phenoxy) is 4. The third-order valence-electron chi connectivity index (χ3n) is 11.6. The number of piperidine rings is 3. The van der Waals surface area contributed by atoms with Crippen molar-refractivity contribution in [1.82, 2.24) is 10.2 Å². The second kappa shape index (κ2) is 15.8. The smallest absolute Gasteiger partial charge is 0.337 e. The van der Waals surface area contributed by atoms with E-state index in [-0.39, 0.29) is 46.8 Å². The maximum absolute atomic E-state index is 13.8. The highest BCUT2D eigenvalue weighted by Gasteiger charge is 2.54. The fourth-order valence-electron chi connectivity index (χ4n) is 8.07. The van der Waals surface area contributed by atoms with Crippen molar-refractivity contribution in [2.45, 2.75) is 44.8 Å². The van der Waals surface area contributed by atoms with Gasteiger partial charge in [-0.15, -0.1) is 11.8 Å². The Hall–Kier alpha value is -4.33. The van der Waals surface area contributed by atoms with E-state index in [1.165, 1.54) is 8.05 Å². The average Bonchev–Trinajstić information content (AvgIpc) is 3.22. The molecule has 0 unspecified atom stereocenters. The van der Waals surface area contributed by atoms with Crippen LogP contribution in [0.3, 0.4) is 0 Å². The van der Waals surface area contributed by atoms with Crippen molar-refractivity contribution in [2.24, 2.45) is 11.3 Å². The molecule has 54 heavy (non-hydrogen) atoms. The Morgan fingerprint density at radius 2 is 1.52 bits per heavy atom. The molecule has 2 bridgehead atoms. The molecular weight excluding hydrogens is 729 g/mol. The Morgan fingerprint density at radius 3 is 2.09 bits per heavy atom. The first-order chi connectivity index (χ1) is 26.1. The normalized spacial score (nSPS) is 24.3. The number of carbonyl (C=O) groups excluding carboxylic acids is 3. The summed E-state index contributed by atoms with van der Waals surface area (Å²) in [5.74, 6) is 2.15. The van der Waals surface area contributed by atoms with Crippen LogP contribution in [-0.2, 0) is 27.5 Å². The highest BCUT2D eigenvalue weighted by Crippen LogP contribution is 2.48. The number of fused-ring (bicyclic) bond motifs is 4. The average molecular weight is 775 g/mol. The van der Waals surface area contributed by atoms with Gasteiger partial charge in [0, 0.05) is 42.5 Å². The predicted molar refractivity (Wildman–Crippen MR) is 208 cm³/mol. The van der Waals surface area contributed by atoms with Crippen LogP contribution in [0.2, 0.25) is 5.02 Å². The lowest BCUT2D eigenvalue weighted by molar-refractivity contribution is -0.941. The minimum absolute atomic E-state index is 0.00189. The number of hydrogen-bond donors (Lipinski definition) is 1. The van der Waals surface area contributed by atoms with Crippen molar-refractivity contribution < 1.29 is 42.5 Å². The van der Waals surface area contributed by atoms with E-state index >= 15 is 0 Å². The lowest BCUT2D eigenvalue weighted by Crippen LogP contribution is -2.65. The van der Waals surface area contributed by atoms with Gasteiger partial charge in [0.25, 0.3) is 5.91 Å². The molecular formula is C40H46BClN3O8S+. The molecule has 0 radical (unpaired) electrons. The molecule has 5 heterocycles. The van der Waals surface area contributed by atoms with Gasteiger partial charge in [-0.25, -0.2) is 4.79 Å². The number of rotatable bonds is 14. The number of halogens is 1. The van der Waals surface area contributed by atoms with Crippen molar-refractivity contribution in [2.75, 3.05) is 52.7 Å². The van der Waals surface area contributed by atoms with E-state index in [9.17, 15) is 14.4 Å². The summed E-state index contributed by atoms with van der Waals surface area (Å²) in [6.45, 7) is 6.49. The van der Waals surface area contributed by atoms with E-state index in [4.69, 9.17) is 35.2 Å². The van der Waals surface area contributed by atoms with Crippen LogP contribution in [0.25, 0.3) is 0 Å². The van der Waals surface area contributed by atoms with Gasteiger partial charge < -0.3 is 33.4 Å². The lowest BCUT2D eigenvalue weighted by Gasteiger charge is -2.56. The monoisotopic (exact) mass is 774 g/mol. The van der Waals surface area contributed by atoms with Crippen molar-refractivity contribution >= 4 is 49.2 Å². The number of quaternary nitrogens is 1. The number of carbonyl (C=O) groups is 3. The standard InChI is InChI=1S/C40H45BClN3O8S/c1-25-37(47)44-34(39(48)53-41)28(23-54-38(25)44)20-45-17-14-40(15-18-45,16-19-45)24-43-36(46)31-12-13-32(51-21-26-4-8-29(49-2)9-5-26)35(33(31)42)52-22-27-6-10-30(50-3)11-7-27/h4-13,25,38H,14-24,41H2,1-3H3/p+1/t25-,38-,40?,45?/m1/s1. The van der Waals surface area contributed by atoms with Crippen molar-refractivity contribution in [3.63, 3.8) is 0 Å². The zero-order chi connectivity index (χ0) is 38.0. The molecule has 1 N–H and O–H groups in total. The van der Waals surface area contributed by atoms with Gasteiger partial charge in [-0.2, -0.15) is 0 Å². The Morgan fingerprint density at radius 1 is 0.926 bits per heavy atom. The Bertz CT molecular complexity index is 1920. The van der Waals surface area contributed by atoms with Crippen LogP contribution in [0.1, 0.15) is 47.7 Å². The molecule has 2 amide bonds. The number of hydrogen-bond acceptors (Lipinski definition) is 9. The molecule has 0 spiro atoms. The van der Waals surface area contributed by atoms with Gasteiger partial charge in [0.2, 0.25) is 5.91 Å². The van der Waals surface area contributed by atoms with E-state index in [0.717, 1.165) is 83.9 Å². The van der Waals surface area contributed by atoms with Gasteiger partial charge in [0.15, 0.2) is 11.5 Å². The molecule has 0 aromatic heterocycles. The summed E-state index contributed by atoms with van der Waals surface area (Å²) in [6.07, 6.45) is 2.85. The molecule has 0 saturated carbocycles. The summed E-state index contributed by atoms with van der Waals surface area (Å²) in [7, 11) is 4.62. The number of nitrogens with zero attached hydrogens (tertiary/aromatic N) is 2. The molecule has 4 saturated heterocycles. The number of methoxy groups -OCH3 is 2. The molecule has 8 rings (SSSR count). The first-order valence-corrected chi connectivity index (χ1v) is 19.7. The van der Waals surface area contributed by atoms with Gasteiger partial charge in [-0.1, -0.05) is 42.8 Å².